The van der Waals surface area contributed by atoms with E-state index in [4.69, 9.17) is 0 Å². The second-order valence-corrected chi connectivity index (χ2v) is 6.56. The van der Waals surface area contributed by atoms with Crippen LogP contribution >= 0.6 is 0 Å². The Labute approximate surface area is 134 Å². The third kappa shape index (κ3) is 5.09. The maximum absolute atomic E-state index is 12.4. The average molecular weight is 335 g/mol. The van der Waals surface area contributed by atoms with Crippen molar-refractivity contribution < 1.29 is 22.8 Å². The molecule has 2 saturated heterocycles. The smallest absolute Gasteiger partial charge is 0.356 e. The van der Waals surface area contributed by atoms with Gasteiger partial charge in [0, 0.05) is 25.6 Å². The number of rotatable bonds is 3. The Bertz CT molecular complexity index is 426. The molecule has 0 saturated carbocycles. The minimum absolute atomic E-state index is 0.00927. The van der Waals surface area contributed by atoms with Gasteiger partial charge in [-0.25, -0.2) is 0 Å². The van der Waals surface area contributed by atoms with Gasteiger partial charge in [0.2, 0.25) is 5.91 Å². The molecular formula is C15H24F3N3O2. The normalized spacial score (nSPS) is 22.2. The zero-order chi connectivity index (χ0) is 17.0. The SMILES string of the molecule is CN1CCC(CNC(=O)C2CCN(C(=O)C(F)(F)F)CC2)CC1. The lowest BCUT2D eigenvalue weighted by molar-refractivity contribution is -0.186. The number of piperidine rings is 2. The minimum atomic E-state index is -4.83. The summed E-state index contributed by atoms with van der Waals surface area (Å²) in [5.41, 5.74) is 0. The number of amides is 2. The van der Waals surface area contributed by atoms with E-state index in [1.807, 2.05) is 0 Å². The van der Waals surface area contributed by atoms with Crippen LogP contribution in [-0.2, 0) is 9.59 Å². The quantitative estimate of drug-likeness (QED) is 0.844. The zero-order valence-corrected chi connectivity index (χ0v) is 13.4. The molecule has 0 aliphatic carbocycles. The summed E-state index contributed by atoms with van der Waals surface area (Å²) in [6, 6.07) is 0. The van der Waals surface area contributed by atoms with Crippen molar-refractivity contribution in [1.29, 1.82) is 0 Å². The fourth-order valence-corrected chi connectivity index (χ4v) is 3.18. The predicted octanol–water partition coefficient (Wildman–Crippen LogP) is 1.25. The van der Waals surface area contributed by atoms with Gasteiger partial charge < -0.3 is 15.1 Å². The number of nitrogens with one attached hydrogen (secondary N) is 1. The summed E-state index contributed by atoms with van der Waals surface area (Å²) in [5.74, 6) is -1.72. The lowest BCUT2D eigenvalue weighted by atomic mass is 9.94. The lowest BCUT2D eigenvalue weighted by Crippen LogP contribution is -2.48. The largest absolute Gasteiger partial charge is 0.471 e. The lowest BCUT2D eigenvalue weighted by Gasteiger charge is -2.32. The molecule has 1 N–H and O–H groups in total. The second-order valence-electron chi connectivity index (χ2n) is 6.56. The monoisotopic (exact) mass is 335 g/mol. The number of carbonyl (C=O) groups is 2. The van der Waals surface area contributed by atoms with Gasteiger partial charge in [0.25, 0.3) is 0 Å². The van der Waals surface area contributed by atoms with Gasteiger partial charge in [-0.1, -0.05) is 0 Å². The number of hydrogen-bond donors (Lipinski definition) is 1. The first kappa shape index (κ1) is 18.0. The fourth-order valence-electron chi connectivity index (χ4n) is 3.18. The van der Waals surface area contributed by atoms with Crippen LogP contribution in [0.1, 0.15) is 25.7 Å². The standard InChI is InChI=1S/C15H24F3N3O2/c1-20-6-2-11(3-7-20)10-19-13(22)12-4-8-21(9-5-12)14(23)15(16,17)18/h11-12H,2-10H2,1H3,(H,19,22). The summed E-state index contributed by atoms with van der Waals surface area (Å²) < 4.78 is 37.1. The van der Waals surface area contributed by atoms with Crippen LogP contribution in [0.3, 0.4) is 0 Å². The Kier molecular flexibility index (Phi) is 5.89. The molecule has 132 valence electrons. The first-order chi connectivity index (χ1) is 10.8. The summed E-state index contributed by atoms with van der Waals surface area (Å²) in [7, 11) is 2.07. The Balaban J connectivity index is 1.70. The third-order valence-corrected chi connectivity index (χ3v) is 4.80. The van der Waals surface area contributed by atoms with Gasteiger partial charge in [0.1, 0.15) is 0 Å². The molecular weight excluding hydrogens is 311 g/mol. The van der Waals surface area contributed by atoms with Crippen LogP contribution in [0.5, 0.6) is 0 Å². The Hall–Kier alpha value is -1.31. The van der Waals surface area contributed by atoms with Crippen LogP contribution in [-0.4, -0.2) is 67.6 Å². The second kappa shape index (κ2) is 7.51. The highest BCUT2D eigenvalue weighted by molar-refractivity contribution is 5.83. The molecule has 0 aromatic rings. The van der Waals surface area contributed by atoms with E-state index in [0.717, 1.165) is 30.8 Å². The van der Waals surface area contributed by atoms with Crippen LogP contribution in [0.4, 0.5) is 13.2 Å². The number of halogens is 3. The first-order valence-corrected chi connectivity index (χ1v) is 8.09. The van der Waals surface area contributed by atoms with Crippen molar-refractivity contribution in [2.45, 2.75) is 31.9 Å². The highest BCUT2D eigenvalue weighted by atomic mass is 19.4. The molecule has 2 aliphatic rings. The molecule has 23 heavy (non-hydrogen) atoms. The molecule has 2 aliphatic heterocycles. The zero-order valence-electron chi connectivity index (χ0n) is 13.4. The Morgan fingerprint density at radius 2 is 1.61 bits per heavy atom. The Morgan fingerprint density at radius 1 is 1.04 bits per heavy atom. The molecule has 5 nitrogen and oxygen atoms in total. The van der Waals surface area contributed by atoms with Crippen LogP contribution in [0.25, 0.3) is 0 Å². The topological polar surface area (TPSA) is 52.7 Å². The first-order valence-electron chi connectivity index (χ1n) is 8.09. The van der Waals surface area contributed by atoms with E-state index >= 15 is 0 Å². The fraction of sp³-hybridized carbons (Fsp3) is 0.867. The highest BCUT2D eigenvalue weighted by Crippen LogP contribution is 2.24. The van der Waals surface area contributed by atoms with Crippen LogP contribution in [0, 0.1) is 11.8 Å². The van der Waals surface area contributed by atoms with Crippen molar-refractivity contribution in [2.75, 3.05) is 39.8 Å². The summed E-state index contributed by atoms with van der Waals surface area (Å²) in [6.45, 7) is 2.67. The molecule has 0 unspecified atom stereocenters. The average Bonchev–Trinajstić information content (AvgIpc) is 2.52. The predicted molar refractivity (Wildman–Crippen MR) is 78.6 cm³/mol. The van der Waals surface area contributed by atoms with E-state index in [0.29, 0.717) is 25.3 Å². The van der Waals surface area contributed by atoms with Gasteiger partial charge in [-0.15, -0.1) is 0 Å². The van der Waals surface area contributed by atoms with Crippen molar-refractivity contribution in [2.24, 2.45) is 11.8 Å². The van der Waals surface area contributed by atoms with E-state index in [9.17, 15) is 22.8 Å². The number of carbonyl (C=O) groups excluding carboxylic acids is 2. The molecule has 0 spiro atoms. The maximum atomic E-state index is 12.4. The summed E-state index contributed by atoms with van der Waals surface area (Å²) in [6.07, 6.45) is -2.14. The van der Waals surface area contributed by atoms with E-state index in [1.54, 1.807) is 0 Å². The van der Waals surface area contributed by atoms with Crippen LogP contribution in [0.2, 0.25) is 0 Å². The molecule has 0 radical (unpaired) electrons. The van der Waals surface area contributed by atoms with Crippen LogP contribution < -0.4 is 5.32 Å². The molecule has 2 rings (SSSR count). The molecule has 0 atom stereocenters. The summed E-state index contributed by atoms with van der Waals surface area (Å²) in [4.78, 5) is 26.3. The van der Waals surface area contributed by atoms with Gasteiger partial charge in [0.05, 0.1) is 0 Å². The summed E-state index contributed by atoms with van der Waals surface area (Å²) in [5, 5.41) is 2.93. The van der Waals surface area contributed by atoms with Gasteiger partial charge in [-0.2, -0.15) is 13.2 Å². The van der Waals surface area contributed by atoms with Crippen molar-refractivity contribution in [1.82, 2.24) is 15.1 Å². The van der Waals surface area contributed by atoms with E-state index in [2.05, 4.69) is 17.3 Å². The van der Waals surface area contributed by atoms with Crippen LogP contribution in [0.15, 0.2) is 0 Å². The highest BCUT2D eigenvalue weighted by Gasteiger charge is 2.43. The van der Waals surface area contributed by atoms with Crippen molar-refractivity contribution in [3.05, 3.63) is 0 Å². The van der Waals surface area contributed by atoms with Gasteiger partial charge in [-0.3, -0.25) is 9.59 Å². The van der Waals surface area contributed by atoms with Crippen molar-refractivity contribution >= 4 is 11.8 Å². The minimum Gasteiger partial charge on any atom is -0.356 e. The molecule has 2 fully saturated rings. The number of nitrogens with zero attached hydrogens (tertiary/aromatic N) is 2. The molecule has 0 aromatic carbocycles. The molecule has 8 heteroatoms. The Morgan fingerprint density at radius 3 is 2.13 bits per heavy atom. The van der Waals surface area contributed by atoms with E-state index in [-0.39, 0.29) is 24.9 Å². The molecule has 2 heterocycles. The van der Waals surface area contributed by atoms with Gasteiger partial charge in [0.15, 0.2) is 0 Å². The maximum Gasteiger partial charge on any atom is 0.471 e. The number of hydrogen-bond acceptors (Lipinski definition) is 3. The summed E-state index contributed by atoms with van der Waals surface area (Å²) >= 11 is 0. The van der Waals surface area contributed by atoms with Crippen molar-refractivity contribution in [3.8, 4) is 0 Å². The van der Waals surface area contributed by atoms with Crippen molar-refractivity contribution in [3.63, 3.8) is 0 Å². The van der Waals surface area contributed by atoms with E-state index < -0.39 is 12.1 Å². The van der Waals surface area contributed by atoms with E-state index in [1.165, 1.54) is 0 Å². The number of alkyl halides is 3. The molecule has 0 bridgehead atoms. The van der Waals surface area contributed by atoms with Gasteiger partial charge >= 0.3 is 12.1 Å². The number of likely N-dealkylation sites (tertiary alicyclic amines) is 2. The third-order valence-electron chi connectivity index (χ3n) is 4.80. The van der Waals surface area contributed by atoms with Gasteiger partial charge in [-0.05, 0) is 51.7 Å². The molecule has 2 amide bonds. The molecule has 0 aromatic heterocycles.